The quantitative estimate of drug-likeness (QED) is 0.562. The molecule has 4 nitrogen and oxygen atoms in total. The van der Waals surface area contributed by atoms with Crippen LogP contribution < -0.4 is 11.1 Å². The van der Waals surface area contributed by atoms with Gasteiger partial charge in [-0.2, -0.15) is 0 Å². The Bertz CT molecular complexity index is 279. The van der Waals surface area contributed by atoms with Gasteiger partial charge in [-0.25, -0.2) is 0 Å². The van der Waals surface area contributed by atoms with Gasteiger partial charge in [0.15, 0.2) is 0 Å². The maximum absolute atomic E-state index is 11.6. The molecule has 112 valence electrons. The Labute approximate surface area is 118 Å². The Morgan fingerprint density at radius 3 is 2.63 bits per heavy atom. The Morgan fingerprint density at radius 2 is 2.11 bits per heavy atom. The molecule has 1 unspecified atom stereocenters. The predicted octanol–water partition coefficient (Wildman–Crippen LogP) is 1.74. The van der Waals surface area contributed by atoms with E-state index in [1.165, 1.54) is 19.4 Å². The van der Waals surface area contributed by atoms with E-state index in [4.69, 9.17) is 5.73 Å². The van der Waals surface area contributed by atoms with Gasteiger partial charge < -0.3 is 16.0 Å². The fourth-order valence-corrected chi connectivity index (χ4v) is 2.39. The number of unbranched alkanes of at least 4 members (excludes halogenated alkanes) is 1. The van der Waals surface area contributed by atoms with Gasteiger partial charge in [0, 0.05) is 6.54 Å². The minimum absolute atomic E-state index is 0.229. The molecule has 1 rings (SSSR count). The van der Waals surface area contributed by atoms with Gasteiger partial charge in [-0.05, 0) is 71.5 Å². The number of carbonyl (C=O) groups is 1. The van der Waals surface area contributed by atoms with E-state index in [0.717, 1.165) is 44.7 Å². The topological polar surface area (TPSA) is 58.4 Å². The van der Waals surface area contributed by atoms with Crippen molar-refractivity contribution in [3.63, 3.8) is 0 Å². The summed E-state index contributed by atoms with van der Waals surface area (Å²) in [7, 11) is 2.20. The molecule has 1 atom stereocenters. The molecule has 1 amide bonds. The first-order valence-corrected chi connectivity index (χ1v) is 7.71. The van der Waals surface area contributed by atoms with Gasteiger partial charge in [0.05, 0.1) is 5.54 Å². The van der Waals surface area contributed by atoms with E-state index >= 15 is 0 Å². The number of nitrogens with one attached hydrogen (secondary N) is 1. The van der Waals surface area contributed by atoms with Crippen LogP contribution in [0.1, 0.15) is 52.4 Å². The standard InChI is InChI=1S/C15H31N3O/c1-4-10-17-15(2,14(16)19)9-5-6-11-18(3)12-13-7-8-13/h13,17H,4-12H2,1-3H3,(H2,16,19). The molecule has 0 bridgehead atoms. The van der Waals surface area contributed by atoms with Crippen molar-refractivity contribution in [3.8, 4) is 0 Å². The van der Waals surface area contributed by atoms with Crippen molar-refractivity contribution < 1.29 is 4.79 Å². The molecule has 0 spiro atoms. The molecule has 1 aliphatic carbocycles. The van der Waals surface area contributed by atoms with Crippen LogP contribution in [-0.2, 0) is 4.79 Å². The zero-order valence-corrected chi connectivity index (χ0v) is 12.9. The minimum atomic E-state index is -0.537. The SMILES string of the molecule is CCCNC(C)(CCCCN(C)CC1CC1)C(N)=O. The van der Waals surface area contributed by atoms with Crippen molar-refractivity contribution in [1.29, 1.82) is 0 Å². The summed E-state index contributed by atoms with van der Waals surface area (Å²) in [4.78, 5) is 14.0. The summed E-state index contributed by atoms with van der Waals surface area (Å²) < 4.78 is 0. The number of hydrogen-bond acceptors (Lipinski definition) is 3. The number of nitrogens with two attached hydrogens (primary N) is 1. The zero-order chi connectivity index (χ0) is 14.3. The van der Waals surface area contributed by atoms with Crippen molar-refractivity contribution in [1.82, 2.24) is 10.2 Å². The monoisotopic (exact) mass is 269 g/mol. The van der Waals surface area contributed by atoms with Crippen molar-refractivity contribution in [2.75, 3.05) is 26.7 Å². The molecule has 0 aromatic rings. The summed E-state index contributed by atoms with van der Waals surface area (Å²) in [5, 5.41) is 3.29. The molecule has 0 heterocycles. The van der Waals surface area contributed by atoms with Crippen LogP contribution in [0.4, 0.5) is 0 Å². The number of primary amides is 1. The fourth-order valence-electron chi connectivity index (χ4n) is 2.39. The van der Waals surface area contributed by atoms with Gasteiger partial charge in [0.1, 0.15) is 0 Å². The van der Waals surface area contributed by atoms with Crippen molar-refractivity contribution >= 4 is 5.91 Å². The second kappa shape index (κ2) is 7.85. The van der Waals surface area contributed by atoms with Crippen LogP contribution in [0, 0.1) is 5.92 Å². The Balaban J connectivity index is 2.17. The Kier molecular flexibility index (Phi) is 6.80. The molecule has 4 heteroatoms. The van der Waals surface area contributed by atoms with Gasteiger partial charge in [0.2, 0.25) is 5.91 Å². The molecule has 3 N–H and O–H groups in total. The summed E-state index contributed by atoms with van der Waals surface area (Å²) in [5.74, 6) is 0.722. The summed E-state index contributed by atoms with van der Waals surface area (Å²) >= 11 is 0. The second-order valence-corrected chi connectivity index (χ2v) is 6.29. The lowest BCUT2D eigenvalue weighted by molar-refractivity contribution is -0.124. The zero-order valence-electron chi connectivity index (χ0n) is 12.9. The average Bonchev–Trinajstić information content (AvgIpc) is 3.15. The average molecular weight is 269 g/mol. The van der Waals surface area contributed by atoms with Gasteiger partial charge in [-0.1, -0.05) is 6.92 Å². The number of carbonyl (C=O) groups excluding carboxylic acids is 1. The van der Waals surface area contributed by atoms with E-state index in [2.05, 4.69) is 24.2 Å². The van der Waals surface area contributed by atoms with Gasteiger partial charge in [-0.3, -0.25) is 4.79 Å². The van der Waals surface area contributed by atoms with Crippen molar-refractivity contribution in [2.24, 2.45) is 11.7 Å². The second-order valence-electron chi connectivity index (χ2n) is 6.29. The molecule has 0 aromatic heterocycles. The highest BCUT2D eigenvalue weighted by atomic mass is 16.1. The Hall–Kier alpha value is -0.610. The van der Waals surface area contributed by atoms with Crippen molar-refractivity contribution in [2.45, 2.75) is 57.9 Å². The van der Waals surface area contributed by atoms with Gasteiger partial charge >= 0.3 is 0 Å². The van der Waals surface area contributed by atoms with Crippen LogP contribution in [0.5, 0.6) is 0 Å². The summed E-state index contributed by atoms with van der Waals surface area (Å²) in [6.45, 7) is 7.24. The van der Waals surface area contributed by atoms with Crippen LogP contribution >= 0.6 is 0 Å². The minimum Gasteiger partial charge on any atom is -0.368 e. The third-order valence-electron chi connectivity index (χ3n) is 4.04. The van der Waals surface area contributed by atoms with E-state index in [-0.39, 0.29) is 5.91 Å². The molecular formula is C15H31N3O. The highest BCUT2D eigenvalue weighted by Crippen LogP contribution is 2.29. The lowest BCUT2D eigenvalue weighted by Crippen LogP contribution is -2.53. The third kappa shape index (κ3) is 6.39. The summed E-state index contributed by atoms with van der Waals surface area (Å²) in [6.07, 6.45) is 6.85. The molecule has 0 aliphatic heterocycles. The Morgan fingerprint density at radius 1 is 1.42 bits per heavy atom. The largest absolute Gasteiger partial charge is 0.368 e. The first-order chi connectivity index (χ1) is 8.98. The van der Waals surface area contributed by atoms with Crippen molar-refractivity contribution in [3.05, 3.63) is 0 Å². The van der Waals surface area contributed by atoms with E-state index < -0.39 is 5.54 Å². The van der Waals surface area contributed by atoms with E-state index in [0.29, 0.717) is 0 Å². The predicted molar refractivity (Wildman–Crippen MR) is 80.0 cm³/mol. The van der Waals surface area contributed by atoms with Crippen LogP contribution in [0.15, 0.2) is 0 Å². The molecule has 0 aromatic carbocycles. The normalized spacial score (nSPS) is 18.5. The first kappa shape index (κ1) is 16.4. The van der Waals surface area contributed by atoms with Gasteiger partial charge in [0.25, 0.3) is 0 Å². The molecule has 1 fully saturated rings. The lowest BCUT2D eigenvalue weighted by Gasteiger charge is -2.28. The number of rotatable bonds is 11. The molecule has 0 radical (unpaired) electrons. The highest BCUT2D eigenvalue weighted by molar-refractivity contribution is 5.84. The maximum Gasteiger partial charge on any atom is 0.237 e. The molecule has 19 heavy (non-hydrogen) atoms. The highest BCUT2D eigenvalue weighted by Gasteiger charge is 2.29. The first-order valence-electron chi connectivity index (χ1n) is 7.71. The maximum atomic E-state index is 11.6. The smallest absolute Gasteiger partial charge is 0.237 e. The number of amides is 1. The van der Waals surface area contributed by atoms with Crippen LogP contribution in [0.25, 0.3) is 0 Å². The van der Waals surface area contributed by atoms with E-state index in [1.807, 2.05) is 6.92 Å². The number of nitrogens with zero attached hydrogens (tertiary/aromatic N) is 1. The van der Waals surface area contributed by atoms with Crippen LogP contribution in [0.2, 0.25) is 0 Å². The number of hydrogen-bond donors (Lipinski definition) is 2. The molecule has 1 aliphatic rings. The fraction of sp³-hybridized carbons (Fsp3) is 0.933. The van der Waals surface area contributed by atoms with Crippen LogP contribution in [-0.4, -0.2) is 43.0 Å². The molecule has 1 saturated carbocycles. The lowest BCUT2D eigenvalue weighted by atomic mass is 9.93. The summed E-state index contributed by atoms with van der Waals surface area (Å²) in [6, 6.07) is 0. The molecule has 0 saturated heterocycles. The molecular weight excluding hydrogens is 238 g/mol. The van der Waals surface area contributed by atoms with Gasteiger partial charge in [-0.15, -0.1) is 0 Å². The third-order valence-corrected chi connectivity index (χ3v) is 4.04. The van der Waals surface area contributed by atoms with Crippen LogP contribution in [0.3, 0.4) is 0 Å². The van der Waals surface area contributed by atoms with E-state index in [9.17, 15) is 4.79 Å². The van der Waals surface area contributed by atoms with E-state index in [1.54, 1.807) is 0 Å². The summed E-state index contributed by atoms with van der Waals surface area (Å²) in [5.41, 5.74) is 4.98.